The summed E-state index contributed by atoms with van der Waals surface area (Å²) in [4.78, 5) is 35.2. The molecule has 1 fully saturated rings. The Hall–Kier alpha value is -2.49. The Kier molecular flexibility index (Phi) is 5.96. The predicted molar refractivity (Wildman–Crippen MR) is 90.8 cm³/mol. The van der Waals surface area contributed by atoms with Crippen molar-refractivity contribution in [1.29, 1.82) is 0 Å². The summed E-state index contributed by atoms with van der Waals surface area (Å²) in [6, 6.07) is 5.63. The van der Waals surface area contributed by atoms with Gasteiger partial charge in [0.2, 0.25) is 5.91 Å². The van der Waals surface area contributed by atoms with E-state index in [9.17, 15) is 29.7 Å². The molecule has 26 heavy (non-hydrogen) atoms. The van der Waals surface area contributed by atoms with Gasteiger partial charge in [-0.05, 0) is 19.1 Å². The largest absolute Gasteiger partial charge is 0.390 e. The Bertz CT molecular complexity index is 692. The third-order valence-electron chi connectivity index (χ3n) is 4.39. The number of nitrogens with one attached hydrogen (secondary N) is 2. The molecule has 4 atom stereocenters. The second-order valence-electron chi connectivity index (χ2n) is 6.59. The first-order valence-electron chi connectivity index (χ1n) is 8.15. The molecule has 1 aliphatic rings. The van der Waals surface area contributed by atoms with Gasteiger partial charge in [-0.15, -0.1) is 0 Å². The summed E-state index contributed by atoms with van der Waals surface area (Å²) in [5.74, 6) is -2.21. The van der Waals surface area contributed by atoms with Crippen LogP contribution in [0.5, 0.6) is 0 Å². The molecule has 0 heterocycles. The number of rotatable bonds is 5. The van der Waals surface area contributed by atoms with Crippen LogP contribution >= 0.6 is 0 Å². The Morgan fingerprint density at radius 2 is 1.81 bits per heavy atom. The first-order chi connectivity index (χ1) is 12.1. The molecule has 1 aromatic rings. The van der Waals surface area contributed by atoms with Crippen molar-refractivity contribution in [3.63, 3.8) is 0 Å². The number of aliphatic hydroxyl groups is 3. The molecule has 9 nitrogen and oxygen atoms in total. The number of hydrogen-bond acceptors (Lipinski definition) is 6. The van der Waals surface area contributed by atoms with Crippen LogP contribution in [0.4, 0.5) is 0 Å². The van der Waals surface area contributed by atoms with Gasteiger partial charge in [0.1, 0.15) is 11.7 Å². The van der Waals surface area contributed by atoms with E-state index in [1.807, 2.05) is 6.92 Å². The molecule has 0 saturated heterocycles. The molecule has 1 saturated carbocycles. The highest BCUT2D eigenvalue weighted by molar-refractivity contribution is 5.94. The maximum Gasteiger partial charge on any atom is 0.252 e. The van der Waals surface area contributed by atoms with Gasteiger partial charge in [-0.25, -0.2) is 0 Å². The van der Waals surface area contributed by atoms with E-state index in [1.54, 1.807) is 24.3 Å². The minimum atomic E-state index is -2.06. The molecular formula is C17H23N3O6. The predicted octanol–water partition coefficient (Wildman–Crippen LogP) is -2.06. The molecule has 7 N–H and O–H groups in total. The van der Waals surface area contributed by atoms with Crippen LogP contribution in [0.3, 0.4) is 0 Å². The molecule has 3 amide bonds. The van der Waals surface area contributed by atoms with Crippen molar-refractivity contribution >= 4 is 17.7 Å². The van der Waals surface area contributed by atoms with Crippen molar-refractivity contribution in [3.8, 4) is 0 Å². The molecule has 142 valence electrons. The molecular weight excluding hydrogens is 342 g/mol. The first kappa shape index (κ1) is 19.8. The van der Waals surface area contributed by atoms with Gasteiger partial charge < -0.3 is 31.7 Å². The number of carbonyl (C=O) groups is 3. The average Bonchev–Trinajstić information content (AvgIpc) is 2.57. The maximum absolute atomic E-state index is 12.3. The van der Waals surface area contributed by atoms with Crippen LogP contribution in [0.2, 0.25) is 0 Å². The lowest BCUT2D eigenvalue weighted by Gasteiger charge is -2.41. The van der Waals surface area contributed by atoms with Gasteiger partial charge in [0.05, 0.1) is 18.7 Å². The van der Waals surface area contributed by atoms with Crippen molar-refractivity contribution in [3.05, 3.63) is 35.4 Å². The summed E-state index contributed by atoms with van der Waals surface area (Å²) in [6.45, 7) is 1.40. The number of primary amides is 1. The van der Waals surface area contributed by atoms with Gasteiger partial charge in [-0.2, -0.15) is 0 Å². The minimum Gasteiger partial charge on any atom is -0.390 e. The zero-order chi connectivity index (χ0) is 19.5. The molecule has 0 spiro atoms. The number of carbonyl (C=O) groups excluding carboxylic acids is 3. The first-order valence-corrected chi connectivity index (χ1v) is 8.15. The average molecular weight is 365 g/mol. The third kappa shape index (κ3) is 4.57. The Labute approximate surface area is 150 Å². The second-order valence-corrected chi connectivity index (χ2v) is 6.59. The molecule has 0 aliphatic heterocycles. The van der Waals surface area contributed by atoms with Gasteiger partial charge in [0.25, 0.3) is 11.8 Å². The van der Waals surface area contributed by atoms with Crippen LogP contribution in [0.25, 0.3) is 0 Å². The summed E-state index contributed by atoms with van der Waals surface area (Å²) in [5.41, 5.74) is 4.20. The Morgan fingerprint density at radius 1 is 1.19 bits per heavy atom. The van der Waals surface area contributed by atoms with E-state index in [2.05, 4.69) is 10.6 Å². The Balaban J connectivity index is 2.11. The number of hydrogen-bond donors (Lipinski definition) is 6. The number of aryl methyl sites for hydroxylation is 1. The third-order valence-corrected chi connectivity index (χ3v) is 4.39. The minimum absolute atomic E-state index is 0.326. The highest BCUT2D eigenvalue weighted by atomic mass is 16.3. The lowest BCUT2D eigenvalue weighted by atomic mass is 9.77. The highest BCUT2D eigenvalue weighted by Crippen LogP contribution is 2.29. The number of amides is 3. The normalized spacial score (nSPS) is 28.2. The highest BCUT2D eigenvalue weighted by Gasteiger charge is 2.49. The van der Waals surface area contributed by atoms with E-state index < -0.39 is 54.5 Å². The van der Waals surface area contributed by atoms with Crippen molar-refractivity contribution in [2.45, 2.75) is 43.6 Å². The fourth-order valence-corrected chi connectivity index (χ4v) is 2.91. The Morgan fingerprint density at radius 3 is 2.38 bits per heavy atom. The monoisotopic (exact) mass is 365 g/mol. The second kappa shape index (κ2) is 7.81. The summed E-state index contributed by atoms with van der Waals surface area (Å²) in [5, 5.41) is 35.4. The van der Waals surface area contributed by atoms with Crippen LogP contribution in [-0.2, 0) is 9.59 Å². The van der Waals surface area contributed by atoms with Gasteiger partial charge in [0.15, 0.2) is 0 Å². The SMILES string of the molecule is Cc1ccc(C(=O)N[C@@H]2C[C@@](O)(C(=O)NCC(N)=O)C[C@@H](O)[C@@H]2O)cc1. The molecule has 9 heteroatoms. The van der Waals surface area contributed by atoms with E-state index >= 15 is 0 Å². The molecule has 1 aliphatic carbocycles. The summed E-state index contributed by atoms with van der Waals surface area (Å²) in [6.07, 6.45) is -3.55. The molecule has 1 aromatic carbocycles. The zero-order valence-corrected chi connectivity index (χ0v) is 14.3. The van der Waals surface area contributed by atoms with Crippen molar-refractivity contribution in [2.75, 3.05) is 6.54 Å². The molecule has 2 rings (SSSR count). The summed E-state index contributed by atoms with van der Waals surface area (Å²) >= 11 is 0. The van der Waals surface area contributed by atoms with E-state index in [4.69, 9.17) is 5.73 Å². The van der Waals surface area contributed by atoms with Gasteiger partial charge in [-0.3, -0.25) is 14.4 Å². The molecule has 0 radical (unpaired) electrons. The van der Waals surface area contributed by atoms with Gasteiger partial charge in [0, 0.05) is 18.4 Å². The van der Waals surface area contributed by atoms with Gasteiger partial charge in [-0.1, -0.05) is 17.7 Å². The number of aliphatic hydroxyl groups excluding tert-OH is 2. The van der Waals surface area contributed by atoms with Crippen molar-refractivity contribution < 1.29 is 29.7 Å². The lowest BCUT2D eigenvalue weighted by Crippen LogP contribution is -2.63. The smallest absolute Gasteiger partial charge is 0.252 e. The van der Waals surface area contributed by atoms with Crippen LogP contribution in [0.15, 0.2) is 24.3 Å². The lowest BCUT2D eigenvalue weighted by molar-refractivity contribution is -0.158. The topological polar surface area (TPSA) is 162 Å². The van der Waals surface area contributed by atoms with E-state index in [1.165, 1.54) is 0 Å². The maximum atomic E-state index is 12.3. The summed E-state index contributed by atoms with van der Waals surface area (Å²) < 4.78 is 0. The van der Waals surface area contributed by atoms with Crippen molar-refractivity contribution in [2.24, 2.45) is 5.73 Å². The number of benzene rings is 1. The van der Waals surface area contributed by atoms with Crippen LogP contribution < -0.4 is 16.4 Å². The standard InChI is InChI=1S/C17H23N3O6/c1-9-2-4-10(5-3-9)15(24)20-11-6-17(26,7-12(21)14(11)23)16(25)19-8-13(18)22/h2-5,11-12,14,21,23,26H,6-8H2,1H3,(H2,18,22)(H,19,25)(H,20,24)/t11-,12-,14-,17+/m1/s1. The van der Waals surface area contributed by atoms with Crippen LogP contribution in [-0.4, -0.2) is 63.4 Å². The molecule has 0 aromatic heterocycles. The number of nitrogens with two attached hydrogens (primary N) is 1. The molecule has 0 bridgehead atoms. The molecule has 0 unspecified atom stereocenters. The van der Waals surface area contributed by atoms with Crippen molar-refractivity contribution in [1.82, 2.24) is 10.6 Å². The quantitative estimate of drug-likeness (QED) is 0.352. The van der Waals surface area contributed by atoms with Crippen LogP contribution in [0, 0.1) is 6.92 Å². The fourth-order valence-electron chi connectivity index (χ4n) is 2.91. The summed E-state index contributed by atoms with van der Waals surface area (Å²) in [7, 11) is 0. The van der Waals surface area contributed by atoms with E-state index in [0.29, 0.717) is 5.56 Å². The fraction of sp³-hybridized carbons (Fsp3) is 0.471. The van der Waals surface area contributed by atoms with E-state index in [0.717, 1.165) is 5.56 Å². The van der Waals surface area contributed by atoms with Crippen LogP contribution in [0.1, 0.15) is 28.8 Å². The van der Waals surface area contributed by atoms with Gasteiger partial charge >= 0.3 is 0 Å². The van der Waals surface area contributed by atoms with E-state index in [-0.39, 0.29) is 6.42 Å². The zero-order valence-electron chi connectivity index (χ0n) is 14.3.